The fourth-order valence-corrected chi connectivity index (χ4v) is 1.17. The molecule has 0 rings (SSSR count). The van der Waals surface area contributed by atoms with Crippen LogP contribution in [0.2, 0.25) is 0 Å². The highest BCUT2D eigenvalue weighted by molar-refractivity contribution is 5.88. The summed E-state index contributed by atoms with van der Waals surface area (Å²) in [6.45, 7) is 7.66. The molecule has 0 saturated carbocycles. The Morgan fingerprint density at radius 1 is 0.905 bits per heavy atom. The van der Waals surface area contributed by atoms with Crippen LogP contribution in [0.4, 0.5) is 0 Å². The van der Waals surface area contributed by atoms with Gasteiger partial charge in [0.05, 0.1) is 19.8 Å². The summed E-state index contributed by atoms with van der Waals surface area (Å²) in [6.07, 6.45) is -1.59. The number of hydrogen-bond acceptors (Lipinski definition) is 7. The van der Waals surface area contributed by atoms with E-state index in [1.54, 1.807) is 0 Å². The fraction of sp³-hybridized carbons (Fsp3) is 0.429. The van der Waals surface area contributed by atoms with Crippen LogP contribution in [0.15, 0.2) is 35.5 Å². The van der Waals surface area contributed by atoms with Crippen LogP contribution in [0.25, 0.3) is 0 Å². The van der Waals surface area contributed by atoms with Gasteiger partial charge in [0.15, 0.2) is 0 Å². The Balaban J connectivity index is 5.50. The van der Waals surface area contributed by atoms with Crippen LogP contribution in [0.1, 0.15) is 13.8 Å². The Morgan fingerprint density at radius 3 is 1.52 bits per heavy atom. The zero-order valence-corrected chi connectivity index (χ0v) is 12.1. The lowest BCUT2D eigenvalue weighted by Crippen LogP contribution is -2.30. The van der Waals surface area contributed by atoms with Gasteiger partial charge in [0.25, 0.3) is 6.29 Å². The van der Waals surface area contributed by atoms with Crippen molar-refractivity contribution in [3.63, 3.8) is 0 Å². The molecule has 0 aromatic heterocycles. The third-order valence-electron chi connectivity index (χ3n) is 2.42. The quantitative estimate of drug-likeness (QED) is 0.247. The topological polar surface area (TPSA) is 113 Å². The monoisotopic (exact) mass is 300 g/mol. The molecule has 0 unspecified atom stereocenters. The number of carbonyl (C=O) groups is 2. The van der Waals surface area contributed by atoms with Crippen molar-refractivity contribution in [1.82, 2.24) is 0 Å². The lowest BCUT2D eigenvalue weighted by molar-refractivity contribution is -0.176. The Hall–Kier alpha value is -1.96. The second-order valence-electron chi connectivity index (χ2n) is 4.31. The minimum atomic E-state index is -1.59. The predicted octanol–water partition coefficient (Wildman–Crippen LogP) is -0.175. The van der Waals surface area contributed by atoms with Gasteiger partial charge in [0.1, 0.15) is 0 Å². The molecule has 0 aromatic carbocycles. The van der Waals surface area contributed by atoms with Crippen LogP contribution in [-0.2, 0) is 19.1 Å². The molecule has 0 aliphatic heterocycles. The minimum Gasteiger partial charge on any atom is -0.417 e. The van der Waals surface area contributed by atoms with Crippen molar-refractivity contribution in [3.8, 4) is 0 Å². The zero-order chi connectivity index (χ0) is 16.6. The first-order chi connectivity index (χ1) is 9.78. The number of rotatable bonds is 8. The number of aliphatic hydroxyl groups excluding tert-OH is 3. The van der Waals surface area contributed by atoms with Crippen molar-refractivity contribution in [3.05, 3.63) is 35.5 Å². The summed E-state index contributed by atoms with van der Waals surface area (Å²) in [5.74, 6) is -1.70. The first kappa shape index (κ1) is 19.0. The number of aliphatic hydroxyl groups is 3. The third kappa shape index (κ3) is 5.90. The van der Waals surface area contributed by atoms with E-state index in [1.807, 2.05) is 0 Å². The van der Waals surface area contributed by atoms with E-state index >= 15 is 0 Å². The molecule has 0 spiro atoms. The maximum atomic E-state index is 11.6. The number of carbonyl (C=O) groups excluding carboxylic acids is 2. The molecule has 7 heteroatoms. The lowest BCUT2D eigenvalue weighted by atomic mass is 10.1. The highest BCUT2D eigenvalue weighted by Gasteiger charge is 2.26. The Bertz CT molecular complexity index is 428. The third-order valence-corrected chi connectivity index (χ3v) is 2.42. The molecule has 0 atom stereocenters. The molecule has 0 radical (unpaired) electrons. The van der Waals surface area contributed by atoms with Gasteiger partial charge in [-0.15, -0.1) is 0 Å². The van der Waals surface area contributed by atoms with Crippen LogP contribution in [0.5, 0.6) is 0 Å². The molecule has 0 fully saturated rings. The van der Waals surface area contributed by atoms with Crippen molar-refractivity contribution in [2.45, 2.75) is 20.1 Å². The van der Waals surface area contributed by atoms with Gasteiger partial charge in [0.2, 0.25) is 0 Å². The summed E-state index contributed by atoms with van der Waals surface area (Å²) in [6, 6.07) is 0. The zero-order valence-electron chi connectivity index (χ0n) is 12.1. The van der Waals surface area contributed by atoms with Crippen LogP contribution >= 0.6 is 0 Å². The molecule has 118 valence electrons. The van der Waals surface area contributed by atoms with Gasteiger partial charge in [-0.1, -0.05) is 13.2 Å². The normalized spacial score (nSPS) is 10.0. The van der Waals surface area contributed by atoms with Gasteiger partial charge in [-0.25, -0.2) is 9.59 Å². The second-order valence-corrected chi connectivity index (χ2v) is 4.31. The summed E-state index contributed by atoms with van der Waals surface area (Å²) in [4.78, 5) is 23.1. The standard InChI is InChI=1S/C14H20O7/c1-8(2)12(18)20-14(21-13(19)9(3)4)11(7-17)10(5-15)6-16/h14-17H,1,3,5-7H2,2,4H3. The molecule has 0 bridgehead atoms. The van der Waals surface area contributed by atoms with Gasteiger partial charge in [0, 0.05) is 16.7 Å². The molecular weight excluding hydrogens is 280 g/mol. The van der Waals surface area contributed by atoms with E-state index in [4.69, 9.17) is 19.7 Å². The molecular formula is C14H20O7. The smallest absolute Gasteiger partial charge is 0.336 e. The lowest BCUT2D eigenvalue weighted by Gasteiger charge is -2.22. The van der Waals surface area contributed by atoms with Crippen molar-refractivity contribution in [2.75, 3.05) is 19.8 Å². The van der Waals surface area contributed by atoms with E-state index in [1.165, 1.54) is 13.8 Å². The van der Waals surface area contributed by atoms with Crippen LogP contribution in [-0.4, -0.2) is 53.4 Å². The van der Waals surface area contributed by atoms with Gasteiger partial charge >= 0.3 is 11.9 Å². The first-order valence-corrected chi connectivity index (χ1v) is 6.04. The highest BCUT2D eigenvalue weighted by atomic mass is 16.7. The van der Waals surface area contributed by atoms with Gasteiger partial charge in [-0.3, -0.25) is 0 Å². The van der Waals surface area contributed by atoms with Crippen LogP contribution < -0.4 is 0 Å². The second kappa shape index (κ2) is 9.06. The van der Waals surface area contributed by atoms with Crippen molar-refractivity contribution in [2.24, 2.45) is 0 Å². The Labute approximate surface area is 122 Å². The Morgan fingerprint density at radius 2 is 1.29 bits per heavy atom. The van der Waals surface area contributed by atoms with E-state index in [9.17, 15) is 14.7 Å². The van der Waals surface area contributed by atoms with E-state index < -0.39 is 38.0 Å². The van der Waals surface area contributed by atoms with Gasteiger partial charge in [-0.2, -0.15) is 0 Å². The molecule has 0 aromatic rings. The average molecular weight is 300 g/mol. The fourth-order valence-electron chi connectivity index (χ4n) is 1.17. The average Bonchev–Trinajstić information content (AvgIpc) is 2.43. The molecule has 0 amide bonds. The van der Waals surface area contributed by atoms with Crippen LogP contribution in [0, 0.1) is 0 Å². The number of ether oxygens (including phenoxy) is 2. The van der Waals surface area contributed by atoms with Crippen molar-refractivity contribution >= 4 is 11.9 Å². The summed E-state index contributed by atoms with van der Waals surface area (Å²) >= 11 is 0. The van der Waals surface area contributed by atoms with Gasteiger partial charge in [-0.05, 0) is 19.4 Å². The summed E-state index contributed by atoms with van der Waals surface area (Å²) in [5.41, 5.74) is -0.0350. The molecule has 0 saturated heterocycles. The SMILES string of the molecule is C=C(C)C(=O)OC(OC(=O)C(=C)C)C(CO)=C(CO)CO. The molecule has 0 heterocycles. The molecule has 21 heavy (non-hydrogen) atoms. The maximum absolute atomic E-state index is 11.6. The molecule has 0 aliphatic carbocycles. The predicted molar refractivity (Wildman–Crippen MR) is 73.9 cm³/mol. The van der Waals surface area contributed by atoms with E-state index in [0.29, 0.717) is 0 Å². The van der Waals surface area contributed by atoms with Gasteiger partial charge < -0.3 is 24.8 Å². The van der Waals surface area contributed by atoms with Crippen LogP contribution in [0.3, 0.4) is 0 Å². The largest absolute Gasteiger partial charge is 0.417 e. The highest BCUT2D eigenvalue weighted by Crippen LogP contribution is 2.16. The van der Waals surface area contributed by atoms with E-state index in [-0.39, 0.29) is 22.3 Å². The summed E-state index contributed by atoms with van der Waals surface area (Å²) in [5, 5.41) is 27.6. The first-order valence-electron chi connectivity index (χ1n) is 6.04. The van der Waals surface area contributed by atoms with Crippen molar-refractivity contribution in [1.29, 1.82) is 0 Å². The summed E-state index contributed by atoms with van der Waals surface area (Å²) < 4.78 is 9.82. The molecule has 3 N–H and O–H groups in total. The molecule has 7 nitrogen and oxygen atoms in total. The van der Waals surface area contributed by atoms with E-state index in [0.717, 1.165) is 0 Å². The van der Waals surface area contributed by atoms with Crippen molar-refractivity contribution < 1.29 is 34.4 Å². The number of hydrogen-bond donors (Lipinski definition) is 3. The minimum absolute atomic E-state index is 0.0217. The molecule has 0 aliphatic rings. The number of esters is 2. The Kier molecular flexibility index (Phi) is 8.22. The summed E-state index contributed by atoms with van der Waals surface area (Å²) in [7, 11) is 0. The maximum Gasteiger partial charge on any atom is 0.336 e. The van der Waals surface area contributed by atoms with E-state index in [2.05, 4.69) is 13.2 Å².